The van der Waals surface area contributed by atoms with E-state index in [4.69, 9.17) is 22.1 Å². The summed E-state index contributed by atoms with van der Waals surface area (Å²) in [7, 11) is 1.58. The summed E-state index contributed by atoms with van der Waals surface area (Å²) >= 11 is 9.86. The predicted molar refractivity (Wildman–Crippen MR) is 98.5 cm³/mol. The number of ether oxygens (including phenoxy) is 1. The first-order valence-electron chi connectivity index (χ1n) is 7.23. The van der Waals surface area contributed by atoms with Gasteiger partial charge in [-0.2, -0.15) is 5.10 Å². The van der Waals surface area contributed by atoms with Gasteiger partial charge in [-0.3, -0.25) is 0 Å². The number of nitrogens with zero attached hydrogens (tertiary/aromatic N) is 4. The zero-order chi connectivity index (χ0) is 17.3. The molecule has 0 spiro atoms. The van der Waals surface area contributed by atoms with Gasteiger partial charge in [0.1, 0.15) is 5.84 Å². The van der Waals surface area contributed by atoms with Crippen LogP contribution in [-0.2, 0) is 6.42 Å². The van der Waals surface area contributed by atoms with Crippen molar-refractivity contribution >= 4 is 44.6 Å². The van der Waals surface area contributed by atoms with Crippen molar-refractivity contribution in [2.45, 2.75) is 13.3 Å². The number of methoxy groups -OCH3 is 1. The third kappa shape index (κ3) is 3.09. The first-order chi connectivity index (χ1) is 11.5. The fourth-order valence-electron chi connectivity index (χ4n) is 2.33. The molecule has 3 aromatic rings. The molecule has 0 amide bonds. The number of hydrogen-bond donors (Lipinski definition) is 1. The topological polar surface area (TPSA) is 77.8 Å². The van der Waals surface area contributed by atoms with Crippen LogP contribution >= 0.6 is 27.5 Å². The summed E-state index contributed by atoms with van der Waals surface area (Å²) in [5.41, 5.74) is 9.16. The summed E-state index contributed by atoms with van der Waals surface area (Å²) in [4.78, 5) is 8.67. The van der Waals surface area contributed by atoms with Crippen LogP contribution < -0.4 is 10.5 Å². The largest absolute Gasteiger partial charge is 0.481 e. The van der Waals surface area contributed by atoms with E-state index in [2.05, 4.69) is 31.0 Å². The third-order valence-corrected chi connectivity index (χ3v) is 4.42. The number of nitrogens with two attached hydrogens (primary N) is 1. The number of rotatable bonds is 4. The summed E-state index contributed by atoms with van der Waals surface area (Å²) in [6.45, 7) is 2.03. The van der Waals surface area contributed by atoms with Gasteiger partial charge in [-0.05, 0) is 34.0 Å². The molecule has 0 saturated heterocycles. The van der Waals surface area contributed by atoms with E-state index in [9.17, 15) is 0 Å². The number of amidine groups is 1. The molecule has 0 aliphatic rings. The molecule has 3 heterocycles. The smallest absolute Gasteiger partial charge is 0.213 e. The maximum Gasteiger partial charge on any atom is 0.213 e. The van der Waals surface area contributed by atoms with E-state index in [0.717, 1.165) is 22.0 Å². The number of halogens is 2. The molecule has 0 radical (unpaired) electrons. The second kappa shape index (κ2) is 6.78. The average Bonchev–Trinajstić information content (AvgIpc) is 2.96. The Labute approximate surface area is 152 Å². The quantitative estimate of drug-likeness (QED) is 0.527. The molecule has 0 aromatic carbocycles. The molecule has 6 nitrogen and oxygen atoms in total. The molecule has 2 N–H and O–H groups in total. The van der Waals surface area contributed by atoms with Gasteiger partial charge in [0.2, 0.25) is 5.88 Å². The summed E-state index contributed by atoms with van der Waals surface area (Å²) in [6, 6.07) is 3.72. The molecule has 0 aliphatic carbocycles. The van der Waals surface area contributed by atoms with E-state index in [1.165, 1.54) is 0 Å². The lowest BCUT2D eigenvalue weighted by atomic mass is 10.1. The number of fused-ring (bicyclic) bond motifs is 1. The van der Waals surface area contributed by atoms with Crippen molar-refractivity contribution in [2.75, 3.05) is 7.11 Å². The van der Waals surface area contributed by atoms with Crippen molar-refractivity contribution in [2.24, 2.45) is 10.7 Å². The van der Waals surface area contributed by atoms with Crippen molar-refractivity contribution < 1.29 is 4.74 Å². The lowest BCUT2D eigenvalue weighted by Gasteiger charge is -2.08. The summed E-state index contributed by atoms with van der Waals surface area (Å²) in [5, 5.41) is 4.80. The Morgan fingerprint density at radius 1 is 1.42 bits per heavy atom. The van der Waals surface area contributed by atoms with Crippen molar-refractivity contribution in [3.8, 4) is 5.88 Å². The van der Waals surface area contributed by atoms with Crippen molar-refractivity contribution in [3.05, 3.63) is 51.3 Å². The highest BCUT2D eigenvalue weighted by molar-refractivity contribution is 9.10. The Morgan fingerprint density at radius 3 is 2.92 bits per heavy atom. The molecule has 3 rings (SSSR count). The lowest BCUT2D eigenvalue weighted by molar-refractivity contribution is 0.397. The molecule has 0 bridgehead atoms. The summed E-state index contributed by atoms with van der Waals surface area (Å²) in [6.07, 6.45) is 5.84. The highest BCUT2D eigenvalue weighted by Gasteiger charge is 2.12. The zero-order valence-corrected chi connectivity index (χ0v) is 15.5. The van der Waals surface area contributed by atoms with Crippen LogP contribution in [0.15, 0.2) is 40.2 Å². The third-order valence-electron chi connectivity index (χ3n) is 3.59. The minimum atomic E-state index is 0.286. The number of hydrogen-bond acceptors (Lipinski definition) is 4. The molecule has 0 saturated carbocycles. The molecule has 0 aliphatic heterocycles. The van der Waals surface area contributed by atoms with Gasteiger partial charge in [0.05, 0.1) is 41.3 Å². The molecule has 24 heavy (non-hydrogen) atoms. The minimum Gasteiger partial charge on any atom is -0.481 e. The Hall–Kier alpha value is -2.12. The first-order valence-corrected chi connectivity index (χ1v) is 8.40. The molecule has 0 unspecified atom stereocenters. The fraction of sp³-hybridized carbons (Fsp3) is 0.188. The number of aromatic nitrogens is 3. The van der Waals surface area contributed by atoms with Gasteiger partial charge in [0.25, 0.3) is 0 Å². The maximum absolute atomic E-state index is 6.46. The van der Waals surface area contributed by atoms with Gasteiger partial charge in [0, 0.05) is 16.7 Å². The molecule has 8 heteroatoms. The van der Waals surface area contributed by atoms with Crippen LogP contribution in [0.5, 0.6) is 5.88 Å². The molecule has 0 fully saturated rings. The summed E-state index contributed by atoms with van der Waals surface area (Å²) in [5.74, 6) is 0.831. The average molecular weight is 409 g/mol. The van der Waals surface area contributed by atoms with E-state index in [-0.39, 0.29) is 5.84 Å². The number of aryl methyl sites for hydroxylation is 1. The van der Waals surface area contributed by atoms with Crippen LogP contribution in [0.1, 0.15) is 18.1 Å². The standard InChI is InChI=1S/C16H15BrClN5O/c1-3-9-4-14(24-2)20-7-12(9)22-16(19)11-6-21-23-8-10(17)5-13(23)15(11)18/h4-8H,3H2,1-2H3,(H2,19,22). The Bertz CT molecular complexity index is 938. The van der Waals surface area contributed by atoms with Crippen LogP contribution in [0.4, 0.5) is 5.69 Å². The van der Waals surface area contributed by atoms with E-state index < -0.39 is 0 Å². The predicted octanol–water partition coefficient (Wildman–Crippen LogP) is 3.75. The number of aliphatic imine (C=N–C) groups is 1. The van der Waals surface area contributed by atoms with Crippen LogP contribution in [0.2, 0.25) is 5.02 Å². The lowest BCUT2D eigenvalue weighted by Crippen LogP contribution is -2.15. The van der Waals surface area contributed by atoms with E-state index in [1.807, 2.05) is 25.3 Å². The minimum absolute atomic E-state index is 0.286. The van der Waals surface area contributed by atoms with Gasteiger partial charge in [0.15, 0.2) is 0 Å². The van der Waals surface area contributed by atoms with Crippen LogP contribution in [0, 0.1) is 0 Å². The van der Waals surface area contributed by atoms with Crippen molar-refractivity contribution in [3.63, 3.8) is 0 Å². The highest BCUT2D eigenvalue weighted by Crippen LogP contribution is 2.27. The van der Waals surface area contributed by atoms with Crippen LogP contribution in [0.3, 0.4) is 0 Å². The van der Waals surface area contributed by atoms with E-state index in [0.29, 0.717) is 22.2 Å². The Kier molecular flexibility index (Phi) is 4.73. The fourth-order valence-corrected chi connectivity index (χ4v) is 3.02. The van der Waals surface area contributed by atoms with Gasteiger partial charge >= 0.3 is 0 Å². The number of pyridine rings is 1. The van der Waals surface area contributed by atoms with Crippen LogP contribution in [0.25, 0.3) is 5.52 Å². The molecule has 3 aromatic heterocycles. The van der Waals surface area contributed by atoms with Gasteiger partial charge < -0.3 is 10.5 Å². The molecule has 124 valence electrons. The Balaban J connectivity index is 2.07. The van der Waals surface area contributed by atoms with Crippen molar-refractivity contribution in [1.29, 1.82) is 0 Å². The SMILES string of the molecule is CCc1cc(OC)ncc1N=C(N)c1cnn2cc(Br)cc2c1Cl. The normalized spacial score (nSPS) is 11.9. The Morgan fingerprint density at radius 2 is 2.21 bits per heavy atom. The van der Waals surface area contributed by atoms with Gasteiger partial charge in [-0.1, -0.05) is 18.5 Å². The van der Waals surface area contributed by atoms with Crippen molar-refractivity contribution in [1.82, 2.24) is 14.6 Å². The molecule has 0 atom stereocenters. The first kappa shape index (κ1) is 16.7. The molecular weight excluding hydrogens is 394 g/mol. The maximum atomic E-state index is 6.46. The summed E-state index contributed by atoms with van der Waals surface area (Å²) < 4.78 is 7.70. The van der Waals surface area contributed by atoms with Gasteiger partial charge in [-0.25, -0.2) is 14.5 Å². The molecular formula is C16H15BrClN5O. The van der Waals surface area contributed by atoms with Crippen LogP contribution in [-0.4, -0.2) is 27.5 Å². The second-order valence-electron chi connectivity index (χ2n) is 5.07. The van der Waals surface area contributed by atoms with E-state index >= 15 is 0 Å². The van der Waals surface area contributed by atoms with E-state index in [1.54, 1.807) is 24.0 Å². The zero-order valence-electron chi connectivity index (χ0n) is 13.1. The van der Waals surface area contributed by atoms with Gasteiger partial charge in [-0.15, -0.1) is 0 Å². The second-order valence-corrected chi connectivity index (χ2v) is 6.36. The monoisotopic (exact) mass is 407 g/mol. The highest BCUT2D eigenvalue weighted by atomic mass is 79.9.